The number of halogens is 1. The maximum Gasteiger partial charge on any atom is 0.408 e. The van der Waals surface area contributed by atoms with Crippen LogP contribution in [-0.4, -0.2) is 49.3 Å². The number of rotatable bonds is 9. The summed E-state index contributed by atoms with van der Waals surface area (Å²) in [6.07, 6.45) is 2.71. The lowest BCUT2D eigenvalue weighted by Gasteiger charge is -2.27. The minimum Gasteiger partial charge on any atom is -0.480 e. The molecule has 2 N–H and O–H groups in total. The molecule has 0 fully saturated rings. The van der Waals surface area contributed by atoms with Crippen molar-refractivity contribution in [2.75, 3.05) is 6.54 Å². The Morgan fingerprint density at radius 2 is 1.96 bits per heavy atom. The number of hydrogen-bond donors (Lipinski definition) is 2. The number of amides is 1. The molecular formula is C19H24ClN3O4. The second kappa shape index (κ2) is 9.41. The lowest BCUT2D eigenvalue weighted by Crippen LogP contribution is -2.46. The van der Waals surface area contributed by atoms with Gasteiger partial charge in [0.05, 0.1) is 12.9 Å². The first-order valence-corrected chi connectivity index (χ1v) is 9.12. The Morgan fingerprint density at radius 1 is 1.26 bits per heavy atom. The van der Waals surface area contributed by atoms with Crippen LogP contribution in [0.4, 0.5) is 4.79 Å². The van der Waals surface area contributed by atoms with Gasteiger partial charge < -0.3 is 14.8 Å². The van der Waals surface area contributed by atoms with E-state index in [1.54, 1.807) is 12.5 Å². The molecule has 1 heterocycles. The highest BCUT2D eigenvalue weighted by Gasteiger charge is 2.30. The Balaban J connectivity index is 2.12. The van der Waals surface area contributed by atoms with Gasteiger partial charge in [0.2, 0.25) is 0 Å². The summed E-state index contributed by atoms with van der Waals surface area (Å²) in [7, 11) is 0. The van der Waals surface area contributed by atoms with Crippen LogP contribution in [0.15, 0.2) is 36.8 Å². The summed E-state index contributed by atoms with van der Waals surface area (Å²) in [4.78, 5) is 28.3. The zero-order valence-electron chi connectivity index (χ0n) is 15.4. The summed E-state index contributed by atoms with van der Waals surface area (Å²) in [5.74, 6) is -1.06. The van der Waals surface area contributed by atoms with Gasteiger partial charge in [-0.25, -0.2) is 14.6 Å². The Bertz CT molecular complexity index is 791. The number of carboxylic acid groups (broad SMARTS) is 2. The average molecular weight is 394 g/mol. The van der Waals surface area contributed by atoms with E-state index in [2.05, 4.69) is 4.98 Å². The van der Waals surface area contributed by atoms with E-state index in [4.69, 9.17) is 11.6 Å². The van der Waals surface area contributed by atoms with Gasteiger partial charge in [0, 0.05) is 29.9 Å². The van der Waals surface area contributed by atoms with Crippen molar-refractivity contribution in [3.63, 3.8) is 0 Å². The van der Waals surface area contributed by atoms with Crippen LogP contribution in [0.3, 0.4) is 0 Å². The van der Waals surface area contributed by atoms with Gasteiger partial charge in [-0.3, -0.25) is 4.90 Å². The number of aliphatic carboxylic acids is 1. The highest BCUT2D eigenvalue weighted by atomic mass is 35.5. The van der Waals surface area contributed by atoms with Gasteiger partial charge in [0.15, 0.2) is 0 Å². The molecule has 0 aliphatic carbocycles. The molecule has 2 rings (SSSR count). The van der Waals surface area contributed by atoms with Crippen LogP contribution in [0.25, 0.3) is 0 Å². The van der Waals surface area contributed by atoms with Crippen molar-refractivity contribution in [1.82, 2.24) is 14.5 Å². The van der Waals surface area contributed by atoms with Crippen LogP contribution in [0, 0.1) is 5.92 Å². The number of carbonyl (C=O) groups is 2. The van der Waals surface area contributed by atoms with E-state index in [-0.39, 0.29) is 18.9 Å². The number of benzene rings is 1. The second-order valence-corrected chi connectivity index (χ2v) is 7.22. The lowest BCUT2D eigenvalue weighted by atomic mass is 10.0. The fourth-order valence-corrected chi connectivity index (χ4v) is 3.13. The summed E-state index contributed by atoms with van der Waals surface area (Å²) < 4.78 is 1.89. The molecule has 1 aromatic carbocycles. The number of imidazole rings is 1. The standard InChI is InChI=1S/C19H24ClN3O4/c1-13(2)9-17(18(24)25)23(19(26)27)8-7-15-10-21-12-22(15)11-14-5-3-4-6-16(14)20/h3-6,10,12-13,17H,7-9,11H2,1-2H3,(H,24,25)(H,26,27). The quantitative estimate of drug-likeness (QED) is 0.678. The van der Waals surface area contributed by atoms with Crippen molar-refractivity contribution in [3.8, 4) is 0 Å². The summed E-state index contributed by atoms with van der Waals surface area (Å²) in [5, 5.41) is 19.6. The highest BCUT2D eigenvalue weighted by Crippen LogP contribution is 2.18. The van der Waals surface area contributed by atoms with Crippen molar-refractivity contribution in [2.45, 2.75) is 39.3 Å². The third-order valence-corrected chi connectivity index (χ3v) is 4.68. The van der Waals surface area contributed by atoms with E-state index in [1.807, 2.05) is 42.7 Å². The molecule has 0 aliphatic heterocycles. The van der Waals surface area contributed by atoms with Crippen molar-refractivity contribution >= 4 is 23.7 Å². The van der Waals surface area contributed by atoms with Crippen LogP contribution in [0.1, 0.15) is 31.5 Å². The molecule has 27 heavy (non-hydrogen) atoms. The molecule has 146 valence electrons. The monoisotopic (exact) mass is 393 g/mol. The van der Waals surface area contributed by atoms with Crippen LogP contribution < -0.4 is 0 Å². The molecule has 1 aromatic heterocycles. The molecule has 0 saturated heterocycles. The van der Waals surface area contributed by atoms with E-state index >= 15 is 0 Å². The third-order valence-electron chi connectivity index (χ3n) is 4.31. The van der Waals surface area contributed by atoms with Gasteiger partial charge in [-0.15, -0.1) is 0 Å². The molecule has 2 aromatic rings. The number of hydrogen-bond acceptors (Lipinski definition) is 3. The molecule has 0 bridgehead atoms. The largest absolute Gasteiger partial charge is 0.480 e. The fourth-order valence-electron chi connectivity index (χ4n) is 2.94. The summed E-state index contributed by atoms with van der Waals surface area (Å²) in [6, 6.07) is 6.41. The van der Waals surface area contributed by atoms with E-state index in [9.17, 15) is 19.8 Å². The summed E-state index contributed by atoms with van der Waals surface area (Å²) in [6.45, 7) is 4.33. The van der Waals surface area contributed by atoms with E-state index in [1.165, 1.54) is 0 Å². The van der Waals surface area contributed by atoms with E-state index in [0.29, 0.717) is 18.0 Å². The van der Waals surface area contributed by atoms with Gasteiger partial charge >= 0.3 is 12.1 Å². The van der Waals surface area contributed by atoms with Gasteiger partial charge in [-0.05, 0) is 24.0 Å². The molecule has 8 heteroatoms. The number of aromatic nitrogens is 2. The summed E-state index contributed by atoms with van der Waals surface area (Å²) >= 11 is 6.20. The van der Waals surface area contributed by atoms with Crippen LogP contribution in [-0.2, 0) is 17.8 Å². The Labute approximate surface area is 163 Å². The Hall–Kier alpha value is -2.54. The van der Waals surface area contributed by atoms with Gasteiger partial charge in [0.1, 0.15) is 6.04 Å². The van der Waals surface area contributed by atoms with Gasteiger partial charge in [-0.2, -0.15) is 0 Å². The number of carboxylic acids is 1. The molecule has 7 nitrogen and oxygen atoms in total. The first-order valence-electron chi connectivity index (χ1n) is 8.74. The Morgan fingerprint density at radius 3 is 2.56 bits per heavy atom. The molecule has 0 radical (unpaired) electrons. The average Bonchev–Trinajstić information content (AvgIpc) is 3.02. The zero-order valence-corrected chi connectivity index (χ0v) is 16.1. The fraction of sp³-hybridized carbons (Fsp3) is 0.421. The molecule has 0 saturated carbocycles. The maximum absolute atomic E-state index is 11.6. The van der Waals surface area contributed by atoms with Crippen LogP contribution in [0.2, 0.25) is 5.02 Å². The van der Waals surface area contributed by atoms with Crippen molar-refractivity contribution in [1.29, 1.82) is 0 Å². The van der Waals surface area contributed by atoms with Crippen LogP contribution >= 0.6 is 11.6 Å². The van der Waals surface area contributed by atoms with E-state index < -0.39 is 18.1 Å². The lowest BCUT2D eigenvalue weighted by molar-refractivity contribution is -0.143. The first kappa shape index (κ1) is 20.8. The normalized spacial score (nSPS) is 12.1. The molecule has 0 aliphatic rings. The maximum atomic E-state index is 11.6. The molecule has 1 amide bonds. The molecular weight excluding hydrogens is 370 g/mol. The molecule has 1 unspecified atom stereocenters. The predicted octanol–water partition coefficient (Wildman–Crippen LogP) is 3.61. The van der Waals surface area contributed by atoms with Gasteiger partial charge in [-0.1, -0.05) is 43.6 Å². The molecule has 1 atom stereocenters. The smallest absolute Gasteiger partial charge is 0.408 e. The van der Waals surface area contributed by atoms with Crippen molar-refractivity contribution in [2.24, 2.45) is 5.92 Å². The second-order valence-electron chi connectivity index (χ2n) is 6.81. The van der Waals surface area contributed by atoms with Crippen LogP contribution in [0.5, 0.6) is 0 Å². The molecule has 0 spiro atoms. The number of nitrogens with zero attached hydrogens (tertiary/aromatic N) is 3. The predicted molar refractivity (Wildman–Crippen MR) is 102 cm³/mol. The first-order chi connectivity index (χ1) is 12.8. The topological polar surface area (TPSA) is 95.7 Å². The third kappa shape index (κ3) is 5.72. The minimum absolute atomic E-state index is 0.0682. The minimum atomic E-state index is -1.24. The summed E-state index contributed by atoms with van der Waals surface area (Å²) in [5.41, 5.74) is 1.74. The zero-order chi connectivity index (χ0) is 20.0. The van der Waals surface area contributed by atoms with Crippen molar-refractivity contribution < 1.29 is 19.8 Å². The van der Waals surface area contributed by atoms with Crippen molar-refractivity contribution in [3.05, 3.63) is 53.1 Å². The SMILES string of the molecule is CC(C)CC(C(=O)O)N(CCc1cncn1Cc1ccccc1Cl)C(=O)O. The highest BCUT2D eigenvalue weighted by molar-refractivity contribution is 6.31. The Kier molecular flexibility index (Phi) is 7.24. The van der Waals surface area contributed by atoms with E-state index in [0.717, 1.165) is 16.2 Å². The van der Waals surface area contributed by atoms with Gasteiger partial charge in [0.25, 0.3) is 0 Å².